The molecule has 0 aromatic carbocycles. The zero-order valence-corrected chi connectivity index (χ0v) is 9.64. The highest BCUT2D eigenvalue weighted by atomic mass is 19.2. The van der Waals surface area contributed by atoms with Gasteiger partial charge in [-0.15, -0.1) is 0 Å². The largest absolute Gasteiger partial charge is 0.380 e. The van der Waals surface area contributed by atoms with Crippen LogP contribution in [0.4, 0.5) is 23.2 Å². The Morgan fingerprint density at radius 1 is 1.22 bits per heavy atom. The van der Waals surface area contributed by atoms with Gasteiger partial charge in [0.1, 0.15) is 5.69 Å². The Morgan fingerprint density at radius 3 is 2.33 bits per heavy atom. The summed E-state index contributed by atoms with van der Waals surface area (Å²) in [4.78, 5) is 2.48. The Balaban J connectivity index is 2.13. The van der Waals surface area contributed by atoms with Crippen LogP contribution in [0.3, 0.4) is 0 Å². The van der Waals surface area contributed by atoms with Crippen molar-refractivity contribution in [3.8, 4) is 0 Å². The average Bonchev–Trinajstić information content (AvgIpc) is 2.73. The third kappa shape index (κ3) is 2.40. The minimum Gasteiger partial charge on any atom is -0.380 e. The number of rotatable bonds is 3. The van der Waals surface area contributed by atoms with Crippen molar-refractivity contribution in [1.82, 2.24) is 4.98 Å². The van der Waals surface area contributed by atoms with E-state index < -0.39 is 29.2 Å². The third-order valence-electron chi connectivity index (χ3n) is 3.07. The molecule has 1 aromatic heterocycles. The van der Waals surface area contributed by atoms with Crippen LogP contribution in [-0.4, -0.2) is 24.2 Å². The molecular weight excluding hydrogens is 252 g/mol. The normalized spacial score (nSPS) is 23.4. The molecule has 1 fully saturated rings. The maximum Gasteiger partial charge on any atom is 0.253 e. The van der Waals surface area contributed by atoms with Crippen molar-refractivity contribution in [2.24, 2.45) is 5.92 Å². The van der Waals surface area contributed by atoms with Gasteiger partial charge < -0.3 is 10.1 Å². The molecule has 0 bridgehead atoms. The second-order valence-electron chi connectivity index (χ2n) is 4.20. The van der Waals surface area contributed by atoms with Crippen LogP contribution in [0.5, 0.6) is 0 Å². The third-order valence-corrected chi connectivity index (χ3v) is 3.07. The van der Waals surface area contributed by atoms with Crippen molar-refractivity contribution in [2.75, 3.05) is 18.5 Å². The summed E-state index contributed by atoms with van der Waals surface area (Å²) in [5.41, 5.74) is -0.820. The Labute approximate surface area is 101 Å². The van der Waals surface area contributed by atoms with E-state index >= 15 is 0 Å². The summed E-state index contributed by atoms with van der Waals surface area (Å²) < 4.78 is 57.5. The summed E-state index contributed by atoms with van der Waals surface area (Å²) in [5, 5.41) is 2.39. The standard InChI is InChI=1S/C11H12F4N2O/c1-5-6(2-3-18-5)4-16-9-7(12)10(14)17-11(15)8(9)13/h5-6H,2-4H2,1H3,(H,16,17). The maximum atomic E-state index is 13.3. The molecule has 2 rings (SSSR count). The molecule has 3 nitrogen and oxygen atoms in total. The van der Waals surface area contributed by atoms with Crippen LogP contribution in [0.2, 0.25) is 0 Å². The molecular formula is C11H12F4N2O. The first kappa shape index (κ1) is 13.1. The highest BCUT2D eigenvalue weighted by Crippen LogP contribution is 2.25. The summed E-state index contributed by atoms with van der Waals surface area (Å²) in [5.74, 6) is -6.30. The van der Waals surface area contributed by atoms with E-state index in [4.69, 9.17) is 4.74 Å². The second-order valence-corrected chi connectivity index (χ2v) is 4.20. The number of halogens is 4. The van der Waals surface area contributed by atoms with Crippen LogP contribution >= 0.6 is 0 Å². The van der Waals surface area contributed by atoms with Gasteiger partial charge in [-0.05, 0) is 13.3 Å². The molecule has 0 spiro atoms. The lowest BCUT2D eigenvalue weighted by Crippen LogP contribution is -2.22. The quantitative estimate of drug-likeness (QED) is 0.672. The highest BCUT2D eigenvalue weighted by Gasteiger charge is 2.26. The van der Waals surface area contributed by atoms with E-state index in [9.17, 15) is 17.6 Å². The minimum atomic E-state index is -1.66. The van der Waals surface area contributed by atoms with Crippen LogP contribution in [0.25, 0.3) is 0 Å². The number of hydrogen-bond acceptors (Lipinski definition) is 3. The molecule has 0 saturated carbocycles. The molecule has 1 aliphatic heterocycles. The second kappa shape index (κ2) is 5.09. The van der Waals surface area contributed by atoms with Gasteiger partial charge >= 0.3 is 0 Å². The van der Waals surface area contributed by atoms with Crippen molar-refractivity contribution in [3.05, 3.63) is 23.5 Å². The molecule has 18 heavy (non-hydrogen) atoms. The Hall–Kier alpha value is -1.37. The van der Waals surface area contributed by atoms with Crippen LogP contribution in [0.15, 0.2) is 0 Å². The van der Waals surface area contributed by atoms with Gasteiger partial charge in [0, 0.05) is 19.1 Å². The predicted octanol–water partition coefficient (Wildman–Crippen LogP) is 2.47. The van der Waals surface area contributed by atoms with Gasteiger partial charge in [-0.2, -0.15) is 22.5 Å². The first-order valence-corrected chi connectivity index (χ1v) is 5.56. The topological polar surface area (TPSA) is 34.1 Å². The van der Waals surface area contributed by atoms with E-state index in [1.165, 1.54) is 0 Å². The fourth-order valence-corrected chi connectivity index (χ4v) is 1.92. The van der Waals surface area contributed by atoms with Gasteiger partial charge in [0.15, 0.2) is 0 Å². The summed E-state index contributed by atoms with van der Waals surface area (Å²) in [7, 11) is 0. The molecule has 1 N–H and O–H groups in total. The van der Waals surface area contributed by atoms with Crippen molar-refractivity contribution in [1.29, 1.82) is 0 Å². The lowest BCUT2D eigenvalue weighted by molar-refractivity contribution is 0.108. The molecule has 2 heterocycles. The maximum absolute atomic E-state index is 13.3. The number of hydrogen-bond donors (Lipinski definition) is 1. The van der Waals surface area contributed by atoms with Crippen molar-refractivity contribution < 1.29 is 22.3 Å². The number of nitrogens with one attached hydrogen (secondary N) is 1. The highest BCUT2D eigenvalue weighted by molar-refractivity contribution is 5.45. The van der Waals surface area contributed by atoms with E-state index in [0.29, 0.717) is 6.61 Å². The lowest BCUT2D eigenvalue weighted by Gasteiger charge is -2.16. The van der Waals surface area contributed by atoms with Gasteiger partial charge in [-0.1, -0.05) is 0 Å². The average molecular weight is 264 g/mol. The van der Waals surface area contributed by atoms with E-state index in [1.807, 2.05) is 6.92 Å². The first-order chi connectivity index (χ1) is 8.50. The number of ether oxygens (including phenoxy) is 1. The molecule has 2 unspecified atom stereocenters. The van der Waals surface area contributed by atoms with Crippen molar-refractivity contribution in [2.45, 2.75) is 19.4 Å². The Kier molecular flexibility index (Phi) is 3.70. The molecule has 100 valence electrons. The van der Waals surface area contributed by atoms with Crippen LogP contribution in [-0.2, 0) is 4.74 Å². The zero-order valence-electron chi connectivity index (χ0n) is 9.64. The Bertz CT molecular complexity index is 429. The van der Waals surface area contributed by atoms with Crippen molar-refractivity contribution >= 4 is 5.69 Å². The van der Waals surface area contributed by atoms with E-state index in [0.717, 1.165) is 6.42 Å². The van der Waals surface area contributed by atoms with Crippen LogP contribution in [0.1, 0.15) is 13.3 Å². The van der Waals surface area contributed by atoms with Crippen LogP contribution < -0.4 is 5.32 Å². The molecule has 2 atom stereocenters. The summed E-state index contributed by atoms with van der Waals surface area (Å²) in [6, 6.07) is 0. The summed E-state index contributed by atoms with van der Waals surface area (Å²) >= 11 is 0. The van der Waals surface area contributed by atoms with E-state index in [1.54, 1.807) is 0 Å². The Morgan fingerprint density at radius 2 is 1.83 bits per heavy atom. The lowest BCUT2D eigenvalue weighted by atomic mass is 10.0. The fraction of sp³-hybridized carbons (Fsp3) is 0.545. The van der Waals surface area contributed by atoms with Gasteiger partial charge in [0.05, 0.1) is 6.10 Å². The number of nitrogens with zero attached hydrogens (tertiary/aromatic N) is 1. The van der Waals surface area contributed by atoms with Gasteiger partial charge in [-0.25, -0.2) is 0 Å². The molecule has 0 amide bonds. The summed E-state index contributed by atoms with van der Waals surface area (Å²) in [6.45, 7) is 2.58. The molecule has 0 aliphatic carbocycles. The first-order valence-electron chi connectivity index (χ1n) is 5.56. The minimum absolute atomic E-state index is 0.0445. The molecule has 1 aliphatic rings. The van der Waals surface area contributed by atoms with E-state index in [2.05, 4.69) is 10.3 Å². The predicted molar refractivity (Wildman–Crippen MR) is 56.1 cm³/mol. The van der Waals surface area contributed by atoms with Gasteiger partial charge in [0.2, 0.25) is 11.6 Å². The molecule has 1 saturated heterocycles. The number of anilines is 1. The monoisotopic (exact) mass is 264 g/mol. The molecule has 7 heteroatoms. The number of pyridine rings is 1. The summed E-state index contributed by atoms with van der Waals surface area (Å²) in [6.07, 6.45) is 0.674. The zero-order chi connectivity index (χ0) is 13.3. The SMILES string of the molecule is CC1OCCC1CNc1c(F)c(F)nc(F)c1F. The van der Waals surface area contributed by atoms with Crippen LogP contribution in [0, 0.1) is 29.4 Å². The van der Waals surface area contributed by atoms with E-state index in [-0.39, 0.29) is 18.6 Å². The van der Waals surface area contributed by atoms with Gasteiger partial charge in [0.25, 0.3) is 11.9 Å². The number of aromatic nitrogens is 1. The fourth-order valence-electron chi connectivity index (χ4n) is 1.92. The molecule has 1 aromatic rings. The molecule has 0 radical (unpaired) electrons. The van der Waals surface area contributed by atoms with Gasteiger partial charge in [-0.3, -0.25) is 0 Å². The van der Waals surface area contributed by atoms with Crippen molar-refractivity contribution in [3.63, 3.8) is 0 Å². The smallest absolute Gasteiger partial charge is 0.253 e.